The monoisotopic (exact) mass is 366 g/mol. The summed E-state index contributed by atoms with van der Waals surface area (Å²) in [4.78, 5) is 18.2. The van der Waals surface area contributed by atoms with E-state index in [9.17, 15) is 9.90 Å². The van der Waals surface area contributed by atoms with Crippen molar-refractivity contribution in [1.82, 2.24) is 20.1 Å². The van der Waals surface area contributed by atoms with E-state index in [1.807, 2.05) is 32.9 Å². The summed E-state index contributed by atoms with van der Waals surface area (Å²) in [6, 6.07) is 7.75. The van der Waals surface area contributed by atoms with Crippen LogP contribution >= 0.6 is 0 Å². The molecule has 6 nitrogen and oxygen atoms in total. The molecule has 6 heteroatoms. The highest BCUT2D eigenvalue weighted by atomic mass is 16.3. The van der Waals surface area contributed by atoms with Gasteiger partial charge in [0, 0.05) is 48.4 Å². The summed E-state index contributed by atoms with van der Waals surface area (Å²) < 4.78 is 0. The third kappa shape index (κ3) is 3.68. The fraction of sp³-hybridized carbons (Fsp3) is 0.429. The topological polar surface area (TPSA) is 85.0 Å². The third-order valence-corrected chi connectivity index (χ3v) is 5.44. The Kier molecular flexibility index (Phi) is 4.61. The van der Waals surface area contributed by atoms with E-state index in [2.05, 4.69) is 26.1 Å². The molecule has 0 bridgehead atoms. The van der Waals surface area contributed by atoms with Gasteiger partial charge in [0.2, 0.25) is 0 Å². The molecular weight excluding hydrogens is 340 g/mol. The van der Waals surface area contributed by atoms with Gasteiger partial charge in [0.05, 0.1) is 17.3 Å². The van der Waals surface area contributed by atoms with Crippen LogP contribution in [0.25, 0.3) is 10.9 Å². The molecule has 2 atom stereocenters. The Morgan fingerprint density at radius 3 is 2.74 bits per heavy atom. The molecule has 3 aromatic rings. The first-order valence-electron chi connectivity index (χ1n) is 9.43. The van der Waals surface area contributed by atoms with E-state index in [1.165, 1.54) is 0 Å². The van der Waals surface area contributed by atoms with Crippen LogP contribution in [0.5, 0.6) is 0 Å². The minimum Gasteiger partial charge on any atom is -0.391 e. The summed E-state index contributed by atoms with van der Waals surface area (Å²) in [6.45, 7) is 8.04. The van der Waals surface area contributed by atoms with Gasteiger partial charge in [0.1, 0.15) is 0 Å². The summed E-state index contributed by atoms with van der Waals surface area (Å²) in [7, 11) is 0. The molecular formula is C21H26N4O2. The standard InChI is InChI=1S/C21H26N4O2/c1-12-4-13(2)21-18(5-12)19(26)8-17(22-21)10-25-9-15(20(27)11-25)7-16-6-14(3)23-24-16/h4-6,8,15,20,27H,7,9-11H2,1-3H3,(H,22,26)(H,23,24)/t15-,20-/m1/s1. The van der Waals surface area contributed by atoms with Gasteiger partial charge in [-0.1, -0.05) is 6.07 Å². The van der Waals surface area contributed by atoms with Crippen molar-refractivity contribution in [2.45, 2.75) is 39.8 Å². The van der Waals surface area contributed by atoms with E-state index >= 15 is 0 Å². The predicted octanol–water partition coefficient (Wildman–Crippen LogP) is 2.21. The van der Waals surface area contributed by atoms with Crippen LogP contribution in [0, 0.1) is 26.7 Å². The number of aliphatic hydroxyl groups is 1. The molecule has 1 fully saturated rings. The molecule has 3 heterocycles. The number of likely N-dealkylation sites (tertiary alicyclic amines) is 1. The highest BCUT2D eigenvalue weighted by Crippen LogP contribution is 2.23. The van der Waals surface area contributed by atoms with E-state index in [0.717, 1.165) is 52.1 Å². The van der Waals surface area contributed by atoms with Gasteiger partial charge in [0.15, 0.2) is 5.43 Å². The van der Waals surface area contributed by atoms with E-state index in [-0.39, 0.29) is 17.5 Å². The van der Waals surface area contributed by atoms with Crippen molar-refractivity contribution in [1.29, 1.82) is 0 Å². The van der Waals surface area contributed by atoms with Crippen molar-refractivity contribution in [3.63, 3.8) is 0 Å². The maximum Gasteiger partial charge on any atom is 0.189 e. The number of hydrogen-bond acceptors (Lipinski definition) is 4. The molecule has 0 spiro atoms. The van der Waals surface area contributed by atoms with Crippen molar-refractivity contribution >= 4 is 10.9 Å². The first-order valence-corrected chi connectivity index (χ1v) is 9.43. The second kappa shape index (κ2) is 6.94. The molecule has 0 radical (unpaired) electrons. The first kappa shape index (κ1) is 17.9. The maximum atomic E-state index is 12.6. The number of β-amino-alcohol motifs (C(OH)–C–C–N with tert-alkyl or cyclic N) is 1. The lowest BCUT2D eigenvalue weighted by molar-refractivity contribution is 0.140. The highest BCUT2D eigenvalue weighted by Gasteiger charge is 2.32. The lowest BCUT2D eigenvalue weighted by Gasteiger charge is -2.16. The quantitative estimate of drug-likeness (QED) is 0.661. The summed E-state index contributed by atoms with van der Waals surface area (Å²) >= 11 is 0. The van der Waals surface area contributed by atoms with Crippen LogP contribution in [0.15, 0.2) is 29.1 Å². The van der Waals surface area contributed by atoms with Crippen molar-refractivity contribution in [2.24, 2.45) is 5.92 Å². The normalized spacial score (nSPS) is 20.6. The number of benzene rings is 1. The zero-order chi connectivity index (χ0) is 19.1. The fourth-order valence-electron chi connectivity index (χ4n) is 4.21. The van der Waals surface area contributed by atoms with Gasteiger partial charge >= 0.3 is 0 Å². The molecule has 27 heavy (non-hydrogen) atoms. The number of nitrogens with zero attached hydrogens (tertiary/aromatic N) is 2. The number of aromatic amines is 2. The number of H-pyrrole nitrogens is 2. The number of rotatable bonds is 4. The highest BCUT2D eigenvalue weighted by molar-refractivity contribution is 5.82. The molecule has 2 aromatic heterocycles. The summed E-state index contributed by atoms with van der Waals surface area (Å²) in [5, 5.41) is 18.4. The van der Waals surface area contributed by atoms with Crippen molar-refractivity contribution in [2.75, 3.05) is 13.1 Å². The molecule has 1 saturated heterocycles. The third-order valence-electron chi connectivity index (χ3n) is 5.44. The maximum absolute atomic E-state index is 12.6. The van der Waals surface area contributed by atoms with Crippen LogP contribution in [0.3, 0.4) is 0 Å². The SMILES string of the molecule is Cc1cc(C)c2[nH]c(CN3C[C@@H](Cc4cc(C)[nH]n4)[C@H](O)C3)cc(=O)c2c1. The molecule has 0 saturated carbocycles. The van der Waals surface area contributed by atoms with E-state index in [4.69, 9.17) is 0 Å². The van der Waals surface area contributed by atoms with E-state index in [0.29, 0.717) is 13.1 Å². The van der Waals surface area contributed by atoms with Gasteiger partial charge in [-0.3, -0.25) is 14.8 Å². The van der Waals surface area contributed by atoms with Gasteiger partial charge in [-0.25, -0.2) is 0 Å². The number of aliphatic hydroxyl groups excluding tert-OH is 1. The number of aromatic nitrogens is 3. The summed E-state index contributed by atoms with van der Waals surface area (Å²) in [6.07, 6.45) is 0.382. The number of hydrogen-bond donors (Lipinski definition) is 3. The Morgan fingerprint density at radius 1 is 1.19 bits per heavy atom. The first-order chi connectivity index (χ1) is 12.9. The summed E-state index contributed by atoms with van der Waals surface area (Å²) in [5.41, 5.74) is 6.05. The number of fused-ring (bicyclic) bond motifs is 1. The Balaban J connectivity index is 1.52. The Bertz CT molecular complexity index is 1040. The molecule has 1 aromatic carbocycles. The predicted molar refractivity (Wildman–Crippen MR) is 106 cm³/mol. The molecule has 1 aliphatic heterocycles. The second-order valence-electron chi connectivity index (χ2n) is 7.93. The Labute approximate surface area is 158 Å². The van der Waals surface area contributed by atoms with Crippen LogP contribution in [0.1, 0.15) is 28.2 Å². The second-order valence-corrected chi connectivity index (χ2v) is 7.93. The minimum atomic E-state index is -0.376. The molecule has 142 valence electrons. The zero-order valence-electron chi connectivity index (χ0n) is 16.0. The minimum absolute atomic E-state index is 0.0499. The molecule has 3 N–H and O–H groups in total. The van der Waals surface area contributed by atoms with Gasteiger partial charge in [-0.2, -0.15) is 5.10 Å². The molecule has 4 rings (SSSR count). The van der Waals surface area contributed by atoms with Gasteiger partial charge < -0.3 is 10.1 Å². The molecule has 0 aliphatic carbocycles. The zero-order valence-corrected chi connectivity index (χ0v) is 16.0. The van der Waals surface area contributed by atoms with Crippen LogP contribution < -0.4 is 5.43 Å². The van der Waals surface area contributed by atoms with E-state index in [1.54, 1.807) is 6.07 Å². The van der Waals surface area contributed by atoms with Crippen molar-refractivity contribution in [3.05, 3.63) is 62.7 Å². The lowest BCUT2D eigenvalue weighted by atomic mass is 10.0. The summed E-state index contributed by atoms with van der Waals surface area (Å²) in [5.74, 6) is 0.157. The van der Waals surface area contributed by atoms with E-state index < -0.39 is 0 Å². The fourth-order valence-corrected chi connectivity index (χ4v) is 4.21. The van der Waals surface area contributed by atoms with Crippen molar-refractivity contribution in [3.8, 4) is 0 Å². The number of pyridine rings is 1. The van der Waals surface area contributed by atoms with Crippen LogP contribution in [-0.4, -0.2) is 44.4 Å². The lowest BCUT2D eigenvalue weighted by Crippen LogP contribution is -2.23. The van der Waals surface area contributed by atoms with Crippen molar-refractivity contribution < 1.29 is 5.11 Å². The van der Waals surface area contributed by atoms with Crippen LogP contribution in [0.2, 0.25) is 0 Å². The van der Waals surface area contributed by atoms with Crippen LogP contribution in [-0.2, 0) is 13.0 Å². The number of aryl methyl sites for hydroxylation is 3. The molecule has 1 aliphatic rings. The Morgan fingerprint density at radius 2 is 2.00 bits per heavy atom. The average Bonchev–Trinajstić information content (AvgIpc) is 3.15. The van der Waals surface area contributed by atoms with Crippen LogP contribution in [0.4, 0.5) is 0 Å². The van der Waals surface area contributed by atoms with Gasteiger partial charge in [0.25, 0.3) is 0 Å². The largest absolute Gasteiger partial charge is 0.391 e. The molecule has 0 unspecified atom stereocenters. The Hall–Kier alpha value is -2.44. The molecule has 0 amide bonds. The number of nitrogens with one attached hydrogen (secondary N) is 2. The van der Waals surface area contributed by atoms with Gasteiger partial charge in [-0.05, 0) is 50.5 Å². The smallest absolute Gasteiger partial charge is 0.189 e. The average molecular weight is 366 g/mol. The van der Waals surface area contributed by atoms with Gasteiger partial charge in [-0.15, -0.1) is 0 Å².